The van der Waals surface area contributed by atoms with Crippen LogP contribution >= 0.6 is 0 Å². The molecule has 0 radical (unpaired) electrons. The molecule has 0 saturated heterocycles. The standard InChI is InChI=1S/C22H23N3O2/c1-2-20(27)25-16-7-3-5-14(11-16)18-9-10-23-22-21(18)19(13-24-22)15-6-4-8-17(26)12-15/h2,5,9-10,12-13,16H,1,3-4,6-8,11H2,(H,23,24)(H,25,27). The first-order valence-electron chi connectivity index (χ1n) is 9.48. The average Bonchev–Trinajstić information content (AvgIpc) is 3.12. The Kier molecular flexibility index (Phi) is 4.75. The summed E-state index contributed by atoms with van der Waals surface area (Å²) in [5.41, 5.74) is 5.33. The number of fused-ring (bicyclic) bond motifs is 1. The maximum Gasteiger partial charge on any atom is 0.243 e. The van der Waals surface area contributed by atoms with E-state index in [1.165, 1.54) is 11.6 Å². The summed E-state index contributed by atoms with van der Waals surface area (Å²) in [5.74, 6) is 0.0643. The molecular formula is C22H23N3O2. The van der Waals surface area contributed by atoms with Crippen molar-refractivity contribution < 1.29 is 9.59 Å². The lowest BCUT2D eigenvalue weighted by molar-refractivity contribution is -0.117. The molecule has 5 heteroatoms. The van der Waals surface area contributed by atoms with Crippen molar-refractivity contribution in [2.45, 2.75) is 44.6 Å². The van der Waals surface area contributed by atoms with Crippen molar-refractivity contribution >= 4 is 33.9 Å². The van der Waals surface area contributed by atoms with Gasteiger partial charge in [0.15, 0.2) is 5.78 Å². The molecule has 0 bridgehead atoms. The van der Waals surface area contributed by atoms with E-state index >= 15 is 0 Å². The van der Waals surface area contributed by atoms with Gasteiger partial charge in [0.1, 0.15) is 5.65 Å². The summed E-state index contributed by atoms with van der Waals surface area (Å²) in [6.07, 6.45) is 14.2. The molecule has 138 valence electrons. The lowest BCUT2D eigenvalue weighted by atomic mass is 9.86. The lowest BCUT2D eigenvalue weighted by Crippen LogP contribution is -2.34. The zero-order valence-electron chi connectivity index (χ0n) is 15.3. The molecule has 0 aromatic carbocycles. The number of amides is 1. The number of ketones is 1. The molecule has 2 aromatic rings. The smallest absolute Gasteiger partial charge is 0.243 e. The molecule has 1 unspecified atom stereocenters. The van der Waals surface area contributed by atoms with Crippen LogP contribution in [-0.4, -0.2) is 27.7 Å². The Morgan fingerprint density at radius 1 is 1.30 bits per heavy atom. The molecule has 0 saturated carbocycles. The quantitative estimate of drug-likeness (QED) is 0.810. The van der Waals surface area contributed by atoms with Crippen molar-refractivity contribution in [3.63, 3.8) is 0 Å². The summed E-state index contributed by atoms with van der Waals surface area (Å²) in [7, 11) is 0. The van der Waals surface area contributed by atoms with Crippen LogP contribution in [0.5, 0.6) is 0 Å². The molecular weight excluding hydrogens is 338 g/mol. The number of hydrogen-bond acceptors (Lipinski definition) is 3. The van der Waals surface area contributed by atoms with Crippen LogP contribution in [0.1, 0.15) is 49.7 Å². The molecule has 0 fully saturated rings. The van der Waals surface area contributed by atoms with Crippen LogP contribution in [0.25, 0.3) is 22.2 Å². The number of rotatable bonds is 4. The maximum absolute atomic E-state index is 11.9. The van der Waals surface area contributed by atoms with Gasteiger partial charge in [-0.15, -0.1) is 0 Å². The average molecular weight is 361 g/mol. The maximum atomic E-state index is 11.9. The number of nitrogens with one attached hydrogen (secondary N) is 2. The molecule has 1 amide bonds. The number of allylic oxidation sites excluding steroid dienone is 3. The number of pyridine rings is 1. The summed E-state index contributed by atoms with van der Waals surface area (Å²) >= 11 is 0. The topological polar surface area (TPSA) is 74.8 Å². The van der Waals surface area contributed by atoms with Crippen molar-refractivity contribution in [2.24, 2.45) is 0 Å². The van der Waals surface area contributed by atoms with E-state index in [0.717, 1.165) is 59.8 Å². The summed E-state index contributed by atoms with van der Waals surface area (Å²) in [5, 5.41) is 4.09. The molecule has 2 aliphatic rings. The Morgan fingerprint density at radius 2 is 2.19 bits per heavy atom. The van der Waals surface area contributed by atoms with Crippen molar-refractivity contribution in [3.05, 3.63) is 54.4 Å². The molecule has 0 aliphatic heterocycles. The number of aromatic amines is 1. The van der Waals surface area contributed by atoms with Gasteiger partial charge in [0.05, 0.1) is 0 Å². The highest BCUT2D eigenvalue weighted by Gasteiger charge is 2.22. The predicted octanol–water partition coefficient (Wildman–Crippen LogP) is 3.94. The van der Waals surface area contributed by atoms with E-state index in [9.17, 15) is 9.59 Å². The second-order valence-electron chi connectivity index (χ2n) is 7.19. The van der Waals surface area contributed by atoms with E-state index in [-0.39, 0.29) is 17.7 Å². The second kappa shape index (κ2) is 7.35. The highest BCUT2D eigenvalue weighted by atomic mass is 16.1. The number of hydrogen-bond donors (Lipinski definition) is 2. The Bertz CT molecular complexity index is 981. The van der Waals surface area contributed by atoms with E-state index in [1.54, 1.807) is 6.08 Å². The van der Waals surface area contributed by atoms with E-state index in [0.29, 0.717) is 6.42 Å². The molecule has 2 aromatic heterocycles. The minimum absolute atomic E-state index is 0.108. The monoisotopic (exact) mass is 361 g/mol. The van der Waals surface area contributed by atoms with Crippen molar-refractivity contribution in [2.75, 3.05) is 0 Å². The number of H-pyrrole nitrogens is 1. The van der Waals surface area contributed by atoms with Gasteiger partial charge in [-0.1, -0.05) is 12.7 Å². The van der Waals surface area contributed by atoms with Gasteiger partial charge < -0.3 is 10.3 Å². The largest absolute Gasteiger partial charge is 0.349 e. The fraction of sp³-hybridized carbons (Fsp3) is 0.318. The zero-order valence-corrected chi connectivity index (χ0v) is 15.3. The second-order valence-corrected chi connectivity index (χ2v) is 7.19. The number of nitrogens with zero attached hydrogens (tertiary/aromatic N) is 1. The van der Waals surface area contributed by atoms with Crippen molar-refractivity contribution in [1.29, 1.82) is 0 Å². The molecule has 2 N–H and O–H groups in total. The van der Waals surface area contributed by atoms with E-state index in [2.05, 4.69) is 27.9 Å². The van der Waals surface area contributed by atoms with Gasteiger partial charge in [-0.05, 0) is 67.0 Å². The molecule has 2 aliphatic carbocycles. The Labute approximate surface area is 158 Å². The fourth-order valence-electron chi connectivity index (χ4n) is 4.09. The first kappa shape index (κ1) is 17.5. The molecule has 27 heavy (non-hydrogen) atoms. The van der Waals surface area contributed by atoms with Gasteiger partial charge in [0.25, 0.3) is 0 Å². The van der Waals surface area contributed by atoms with E-state index < -0.39 is 0 Å². The highest BCUT2D eigenvalue weighted by Crippen LogP contribution is 2.37. The van der Waals surface area contributed by atoms with E-state index in [1.807, 2.05) is 18.5 Å². The summed E-state index contributed by atoms with van der Waals surface area (Å²) < 4.78 is 0. The highest BCUT2D eigenvalue weighted by molar-refractivity contribution is 6.05. The van der Waals surface area contributed by atoms with Crippen LogP contribution < -0.4 is 5.32 Å². The molecule has 1 atom stereocenters. The van der Waals surface area contributed by atoms with Crippen LogP contribution in [0, 0.1) is 0 Å². The minimum atomic E-state index is -0.130. The summed E-state index contributed by atoms with van der Waals surface area (Å²) in [6, 6.07) is 2.14. The van der Waals surface area contributed by atoms with Gasteiger partial charge in [-0.25, -0.2) is 4.98 Å². The third-order valence-corrected chi connectivity index (χ3v) is 5.37. The van der Waals surface area contributed by atoms with Crippen LogP contribution in [-0.2, 0) is 9.59 Å². The molecule has 2 heterocycles. The molecule has 0 spiro atoms. The normalized spacial score (nSPS) is 20.1. The molecule has 5 nitrogen and oxygen atoms in total. The van der Waals surface area contributed by atoms with Gasteiger partial charge in [-0.2, -0.15) is 0 Å². The van der Waals surface area contributed by atoms with E-state index in [4.69, 9.17) is 0 Å². The summed E-state index contributed by atoms with van der Waals surface area (Å²) in [4.78, 5) is 31.3. The minimum Gasteiger partial charge on any atom is -0.349 e. The predicted molar refractivity (Wildman–Crippen MR) is 107 cm³/mol. The lowest BCUT2D eigenvalue weighted by Gasteiger charge is -2.24. The third-order valence-electron chi connectivity index (χ3n) is 5.37. The van der Waals surface area contributed by atoms with Crippen LogP contribution in [0.15, 0.2) is 43.3 Å². The Balaban J connectivity index is 1.73. The van der Waals surface area contributed by atoms with Gasteiger partial charge in [0.2, 0.25) is 5.91 Å². The zero-order chi connectivity index (χ0) is 18.8. The first-order valence-corrected chi connectivity index (χ1v) is 9.48. The van der Waals surface area contributed by atoms with Crippen molar-refractivity contribution in [3.8, 4) is 0 Å². The SMILES string of the molecule is C=CC(=O)NC1CCC=C(c2ccnc3[nH]cc(C4=CC(=O)CCC4)c23)C1. The molecule has 4 rings (SSSR count). The van der Waals surface area contributed by atoms with Crippen LogP contribution in [0.2, 0.25) is 0 Å². The Morgan fingerprint density at radius 3 is 3.00 bits per heavy atom. The fourth-order valence-corrected chi connectivity index (χ4v) is 4.09. The number of aromatic nitrogens is 2. The van der Waals surface area contributed by atoms with Gasteiger partial charge in [-0.3, -0.25) is 9.59 Å². The Hall–Kier alpha value is -2.95. The van der Waals surface area contributed by atoms with Crippen LogP contribution in [0.3, 0.4) is 0 Å². The first-order chi connectivity index (χ1) is 13.2. The summed E-state index contributed by atoms with van der Waals surface area (Å²) in [6.45, 7) is 3.53. The van der Waals surface area contributed by atoms with Gasteiger partial charge >= 0.3 is 0 Å². The van der Waals surface area contributed by atoms with Gasteiger partial charge in [0, 0.05) is 35.8 Å². The number of carbonyl (C=O) groups is 2. The third kappa shape index (κ3) is 3.50. The van der Waals surface area contributed by atoms with Crippen molar-refractivity contribution in [1.82, 2.24) is 15.3 Å². The van der Waals surface area contributed by atoms with Crippen LogP contribution in [0.4, 0.5) is 0 Å². The number of carbonyl (C=O) groups excluding carboxylic acids is 2.